The van der Waals surface area contributed by atoms with E-state index in [9.17, 15) is 9.59 Å². The predicted molar refractivity (Wildman–Crippen MR) is 83.2 cm³/mol. The Kier molecular flexibility index (Phi) is 7.15. The molecule has 0 radical (unpaired) electrons. The van der Waals surface area contributed by atoms with Crippen LogP contribution in [0.1, 0.15) is 27.0 Å². The van der Waals surface area contributed by atoms with Crippen molar-refractivity contribution < 1.29 is 9.59 Å². The Balaban J connectivity index is 0.00000200. The van der Waals surface area contributed by atoms with Gasteiger partial charge in [-0.25, -0.2) is 0 Å². The molecule has 1 aromatic rings. The van der Waals surface area contributed by atoms with Crippen molar-refractivity contribution in [2.75, 3.05) is 39.3 Å². The van der Waals surface area contributed by atoms with E-state index < -0.39 is 0 Å². The first-order valence-corrected chi connectivity index (χ1v) is 7.35. The molecule has 0 aliphatic carbocycles. The SMILES string of the molecule is CC(=O)c1csc(C(=O)NCCN2CCNCC2)c1.Cl. The van der Waals surface area contributed by atoms with Crippen molar-refractivity contribution in [2.45, 2.75) is 6.92 Å². The number of nitrogens with zero attached hydrogens (tertiary/aromatic N) is 1. The lowest BCUT2D eigenvalue weighted by molar-refractivity contribution is 0.0951. The lowest BCUT2D eigenvalue weighted by Gasteiger charge is -2.26. The fourth-order valence-corrected chi connectivity index (χ4v) is 2.85. The number of rotatable bonds is 5. The highest BCUT2D eigenvalue weighted by Crippen LogP contribution is 2.14. The molecule has 0 saturated carbocycles. The van der Waals surface area contributed by atoms with Crippen molar-refractivity contribution >= 4 is 35.4 Å². The van der Waals surface area contributed by atoms with E-state index in [0.717, 1.165) is 32.7 Å². The smallest absolute Gasteiger partial charge is 0.261 e. The maximum Gasteiger partial charge on any atom is 0.261 e. The molecule has 1 aliphatic rings. The van der Waals surface area contributed by atoms with E-state index in [1.807, 2.05) is 0 Å². The minimum absolute atomic E-state index is 0. The minimum atomic E-state index is -0.0902. The molecule has 0 bridgehead atoms. The third-order valence-corrected chi connectivity index (χ3v) is 4.08. The largest absolute Gasteiger partial charge is 0.350 e. The number of halogens is 1. The van der Waals surface area contributed by atoms with Crippen LogP contribution in [0.25, 0.3) is 0 Å². The van der Waals surface area contributed by atoms with E-state index in [1.54, 1.807) is 11.4 Å². The zero-order valence-corrected chi connectivity index (χ0v) is 13.1. The summed E-state index contributed by atoms with van der Waals surface area (Å²) in [6.45, 7) is 7.12. The second kappa shape index (κ2) is 8.36. The average Bonchev–Trinajstić information content (AvgIpc) is 2.89. The number of amides is 1. The molecule has 0 unspecified atom stereocenters. The van der Waals surface area contributed by atoms with Crippen molar-refractivity contribution in [3.8, 4) is 0 Å². The summed E-state index contributed by atoms with van der Waals surface area (Å²) >= 11 is 1.32. The van der Waals surface area contributed by atoms with Crippen LogP contribution in [0.4, 0.5) is 0 Å². The summed E-state index contributed by atoms with van der Waals surface area (Å²) in [5.74, 6) is -0.0937. The normalized spacial score (nSPS) is 15.4. The van der Waals surface area contributed by atoms with Crippen molar-refractivity contribution in [3.63, 3.8) is 0 Å². The van der Waals surface area contributed by atoms with Gasteiger partial charge in [-0.2, -0.15) is 0 Å². The van der Waals surface area contributed by atoms with Gasteiger partial charge in [0, 0.05) is 50.2 Å². The molecule has 0 atom stereocenters. The first-order chi connectivity index (χ1) is 9.16. The molecule has 2 heterocycles. The maximum absolute atomic E-state index is 11.9. The van der Waals surface area contributed by atoms with Gasteiger partial charge in [0.05, 0.1) is 4.88 Å². The second-order valence-corrected chi connectivity index (χ2v) is 5.51. The molecule has 5 nitrogen and oxygen atoms in total. The molecule has 7 heteroatoms. The van der Waals surface area contributed by atoms with Gasteiger partial charge in [-0.1, -0.05) is 0 Å². The van der Waals surface area contributed by atoms with Gasteiger partial charge in [0.1, 0.15) is 0 Å². The van der Waals surface area contributed by atoms with Crippen molar-refractivity contribution in [1.82, 2.24) is 15.5 Å². The summed E-state index contributed by atoms with van der Waals surface area (Å²) in [5.41, 5.74) is 0.609. The average molecular weight is 318 g/mol. The van der Waals surface area contributed by atoms with Crippen LogP contribution in [0.5, 0.6) is 0 Å². The van der Waals surface area contributed by atoms with Crippen LogP contribution in [0.3, 0.4) is 0 Å². The molecule has 0 aromatic carbocycles. The monoisotopic (exact) mass is 317 g/mol. The van der Waals surface area contributed by atoms with Crippen LogP contribution in [-0.2, 0) is 0 Å². The van der Waals surface area contributed by atoms with E-state index in [2.05, 4.69) is 15.5 Å². The van der Waals surface area contributed by atoms with Gasteiger partial charge in [-0.3, -0.25) is 14.5 Å². The van der Waals surface area contributed by atoms with Crippen LogP contribution in [0.2, 0.25) is 0 Å². The summed E-state index contributed by atoms with van der Waals surface area (Å²) in [4.78, 5) is 26.0. The van der Waals surface area contributed by atoms with Gasteiger partial charge in [0.15, 0.2) is 5.78 Å². The van der Waals surface area contributed by atoms with E-state index in [-0.39, 0.29) is 24.1 Å². The molecule has 1 aliphatic heterocycles. The number of carbonyl (C=O) groups is 2. The number of hydrogen-bond acceptors (Lipinski definition) is 5. The molecule has 2 N–H and O–H groups in total. The molecule has 0 spiro atoms. The fourth-order valence-electron chi connectivity index (χ4n) is 1.99. The number of Topliss-reactive ketones (excluding diaryl/α,β-unsaturated/α-hetero) is 1. The Hall–Kier alpha value is -0.950. The lowest BCUT2D eigenvalue weighted by atomic mass is 10.2. The zero-order chi connectivity index (χ0) is 13.7. The van der Waals surface area contributed by atoms with Crippen LogP contribution in [0, 0.1) is 0 Å². The Morgan fingerprint density at radius 2 is 2.10 bits per heavy atom. The number of ketones is 1. The number of piperazine rings is 1. The molecule has 1 saturated heterocycles. The van der Waals surface area contributed by atoms with E-state index in [4.69, 9.17) is 0 Å². The van der Waals surface area contributed by atoms with E-state index >= 15 is 0 Å². The minimum Gasteiger partial charge on any atom is -0.350 e. The zero-order valence-electron chi connectivity index (χ0n) is 11.5. The molecule has 2 rings (SSSR count). The Labute approximate surface area is 129 Å². The van der Waals surface area contributed by atoms with Gasteiger partial charge < -0.3 is 10.6 Å². The van der Waals surface area contributed by atoms with E-state index in [1.165, 1.54) is 18.3 Å². The topological polar surface area (TPSA) is 61.4 Å². The number of nitrogens with one attached hydrogen (secondary N) is 2. The van der Waals surface area contributed by atoms with Crippen molar-refractivity contribution in [1.29, 1.82) is 0 Å². The van der Waals surface area contributed by atoms with Crippen LogP contribution in [-0.4, -0.2) is 55.9 Å². The van der Waals surface area contributed by atoms with Gasteiger partial charge in [-0.15, -0.1) is 23.7 Å². The van der Waals surface area contributed by atoms with Crippen LogP contribution < -0.4 is 10.6 Å². The summed E-state index contributed by atoms with van der Waals surface area (Å²) in [6.07, 6.45) is 0. The third-order valence-electron chi connectivity index (χ3n) is 3.15. The van der Waals surface area contributed by atoms with Crippen LogP contribution >= 0.6 is 23.7 Å². The second-order valence-electron chi connectivity index (χ2n) is 4.60. The highest BCUT2D eigenvalue weighted by atomic mass is 35.5. The number of thiophene rings is 1. The summed E-state index contributed by atoms with van der Waals surface area (Å²) in [6, 6.07) is 1.66. The molecule has 20 heavy (non-hydrogen) atoms. The van der Waals surface area contributed by atoms with Crippen molar-refractivity contribution in [3.05, 3.63) is 21.9 Å². The first-order valence-electron chi connectivity index (χ1n) is 6.47. The Morgan fingerprint density at radius 3 is 2.70 bits per heavy atom. The quantitative estimate of drug-likeness (QED) is 0.796. The summed E-state index contributed by atoms with van der Waals surface area (Å²) < 4.78 is 0. The van der Waals surface area contributed by atoms with Crippen LogP contribution in [0.15, 0.2) is 11.4 Å². The molecular weight excluding hydrogens is 298 g/mol. The third kappa shape index (κ3) is 4.86. The molecule has 1 aromatic heterocycles. The fraction of sp³-hybridized carbons (Fsp3) is 0.538. The van der Waals surface area contributed by atoms with Gasteiger partial charge in [0.25, 0.3) is 5.91 Å². The molecular formula is C13H20ClN3O2S. The Bertz CT molecular complexity index is 458. The van der Waals surface area contributed by atoms with Crippen molar-refractivity contribution in [2.24, 2.45) is 0 Å². The summed E-state index contributed by atoms with van der Waals surface area (Å²) in [5, 5.41) is 7.92. The molecule has 1 amide bonds. The maximum atomic E-state index is 11.9. The van der Waals surface area contributed by atoms with Gasteiger partial charge >= 0.3 is 0 Å². The van der Waals surface area contributed by atoms with Gasteiger partial charge in [0.2, 0.25) is 0 Å². The number of hydrogen-bond donors (Lipinski definition) is 2. The lowest BCUT2D eigenvalue weighted by Crippen LogP contribution is -2.46. The standard InChI is InChI=1S/C13H19N3O2S.ClH/c1-10(17)11-8-12(19-9-11)13(18)15-4-7-16-5-2-14-3-6-16;/h8-9,14H,2-7H2,1H3,(H,15,18);1H. The first kappa shape index (κ1) is 17.1. The highest BCUT2D eigenvalue weighted by Gasteiger charge is 2.12. The van der Waals surface area contributed by atoms with E-state index in [0.29, 0.717) is 17.0 Å². The van der Waals surface area contributed by atoms with Gasteiger partial charge in [-0.05, 0) is 13.0 Å². The molecule has 112 valence electrons. The Morgan fingerprint density at radius 1 is 1.40 bits per heavy atom. The number of carbonyl (C=O) groups excluding carboxylic acids is 2. The molecule has 1 fully saturated rings. The summed E-state index contributed by atoms with van der Waals surface area (Å²) in [7, 11) is 0. The highest BCUT2D eigenvalue weighted by molar-refractivity contribution is 7.12. The predicted octanol–water partition coefficient (Wildman–Crippen LogP) is 1.01.